The highest BCUT2D eigenvalue weighted by molar-refractivity contribution is 5.92. The number of amides is 1. The van der Waals surface area contributed by atoms with Crippen LogP contribution in [-0.4, -0.2) is 34.4 Å². The van der Waals surface area contributed by atoms with Gasteiger partial charge in [0, 0.05) is 19.2 Å². The molecule has 0 N–H and O–H groups in total. The molecule has 5 nitrogen and oxygen atoms in total. The van der Waals surface area contributed by atoms with Crippen LogP contribution in [-0.2, 0) is 6.54 Å². The summed E-state index contributed by atoms with van der Waals surface area (Å²) in [5.41, 5.74) is 1.43. The largest absolute Gasteiger partial charge is 0.481 e. The molecule has 0 spiro atoms. The SMILES string of the molecule is CCN(Cc1ccccc1)C(=O)c1cc(OC)ncn1. The summed E-state index contributed by atoms with van der Waals surface area (Å²) in [5.74, 6) is 0.260. The van der Waals surface area contributed by atoms with Crippen LogP contribution in [0.3, 0.4) is 0 Å². The number of carbonyl (C=O) groups is 1. The van der Waals surface area contributed by atoms with Crippen molar-refractivity contribution in [3.05, 3.63) is 54.0 Å². The van der Waals surface area contributed by atoms with Crippen molar-refractivity contribution in [2.24, 2.45) is 0 Å². The highest BCUT2D eigenvalue weighted by atomic mass is 16.5. The quantitative estimate of drug-likeness (QED) is 0.836. The standard InChI is InChI=1S/C15H17N3O2/c1-3-18(10-12-7-5-4-6-8-12)15(19)13-9-14(20-2)17-11-16-13/h4-9,11H,3,10H2,1-2H3. The number of hydrogen-bond donors (Lipinski definition) is 0. The maximum atomic E-state index is 12.4. The second-order valence-corrected chi connectivity index (χ2v) is 4.25. The topological polar surface area (TPSA) is 55.3 Å². The summed E-state index contributed by atoms with van der Waals surface area (Å²) in [6, 6.07) is 11.4. The number of hydrogen-bond acceptors (Lipinski definition) is 4. The van der Waals surface area contributed by atoms with Gasteiger partial charge in [0.05, 0.1) is 7.11 Å². The molecule has 1 amide bonds. The number of carbonyl (C=O) groups excluding carboxylic acids is 1. The summed E-state index contributed by atoms with van der Waals surface area (Å²) < 4.78 is 5.01. The van der Waals surface area contributed by atoms with Gasteiger partial charge in [-0.25, -0.2) is 9.97 Å². The third-order valence-electron chi connectivity index (χ3n) is 2.96. The molecular formula is C15H17N3O2. The number of methoxy groups -OCH3 is 1. The minimum Gasteiger partial charge on any atom is -0.481 e. The lowest BCUT2D eigenvalue weighted by Gasteiger charge is -2.20. The maximum absolute atomic E-state index is 12.4. The van der Waals surface area contributed by atoms with Crippen LogP contribution in [0.15, 0.2) is 42.7 Å². The van der Waals surface area contributed by atoms with E-state index in [1.165, 1.54) is 13.4 Å². The molecule has 20 heavy (non-hydrogen) atoms. The molecule has 1 aromatic carbocycles. The van der Waals surface area contributed by atoms with Gasteiger partial charge in [-0.05, 0) is 12.5 Å². The third kappa shape index (κ3) is 3.32. The fourth-order valence-electron chi connectivity index (χ4n) is 1.86. The molecule has 2 rings (SSSR count). The van der Waals surface area contributed by atoms with Gasteiger partial charge in [0.25, 0.3) is 5.91 Å². The average Bonchev–Trinajstić information content (AvgIpc) is 2.53. The van der Waals surface area contributed by atoms with Crippen molar-refractivity contribution in [3.8, 4) is 5.88 Å². The van der Waals surface area contributed by atoms with Crippen LogP contribution >= 0.6 is 0 Å². The van der Waals surface area contributed by atoms with E-state index in [4.69, 9.17) is 4.74 Å². The average molecular weight is 271 g/mol. The number of nitrogens with zero attached hydrogens (tertiary/aromatic N) is 3. The normalized spacial score (nSPS) is 10.1. The molecular weight excluding hydrogens is 254 g/mol. The lowest BCUT2D eigenvalue weighted by atomic mass is 10.2. The molecule has 5 heteroatoms. The Morgan fingerprint density at radius 1 is 1.25 bits per heavy atom. The second-order valence-electron chi connectivity index (χ2n) is 4.25. The number of ether oxygens (including phenoxy) is 1. The third-order valence-corrected chi connectivity index (χ3v) is 2.96. The molecule has 104 valence electrons. The number of aromatic nitrogens is 2. The van der Waals surface area contributed by atoms with Crippen LogP contribution in [0.4, 0.5) is 0 Å². The Balaban J connectivity index is 2.16. The van der Waals surface area contributed by atoms with Crippen molar-refractivity contribution in [1.82, 2.24) is 14.9 Å². The van der Waals surface area contributed by atoms with Crippen molar-refractivity contribution in [1.29, 1.82) is 0 Å². The zero-order valence-corrected chi connectivity index (χ0v) is 11.6. The van der Waals surface area contributed by atoms with Gasteiger partial charge in [-0.2, -0.15) is 0 Å². The summed E-state index contributed by atoms with van der Waals surface area (Å²) in [5, 5.41) is 0. The lowest BCUT2D eigenvalue weighted by molar-refractivity contribution is 0.0746. The molecule has 0 bridgehead atoms. The van der Waals surface area contributed by atoms with Gasteiger partial charge in [0.2, 0.25) is 5.88 Å². The van der Waals surface area contributed by atoms with Crippen molar-refractivity contribution in [2.75, 3.05) is 13.7 Å². The second kappa shape index (κ2) is 6.65. The van der Waals surface area contributed by atoms with E-state index in [-0.39, 0.29) is 5.91 Å². The molecule has 0 saturated carbocycles. The van der Waals surface area contributed by atoms with Crippen LogP contribution in [0.2, 0.25) is 0 Å². The molecule has 0 radical (unpaired) electrons. The van der Waals surface area contributed by atoms with Crippen LogP contribution in [0.25, 0.3) is 0 Å². The monoisotopic (exact) mass is 271 g/mol. The van der Waals surface area contributed by atoms with Crippen LogP contribution in [0, 0.1) is 0 Å². The molecule has 0 aliphatic rings. The van der Waals surface area contributed by atoms with Gasteiger partial charge >= 0.3 is 0 Å². The fraction of sp³-hybridized carbons (Fsp3) is 0.267. The zero-order valence-electron chi connectivity index (χ0n) is 11.6. The molecule has 1 heterocycles. The van der Waals surface area contributed by atoms with Crippen LogP contribution in [0.5, 0.6) is 5.88 Å². The van der Waals surface area contributed by atoms with E-state index in [0.717, 1.165) is 5.56 Å². The summed E-state index contributed by atoms with van der Waals surface area (Å²) in [4.78, 5) is 22.1. The van der Waals surface area contributed by atoms with E-state index in [1.807, 2.05) is 37.3 Å². The van der Waals surface area contributed by atoms with Crippen molar-refractivity contribution < 1.29 is 9.53 Å². The molecule has 2 aromatic rings. The summed E-state index contributed by atoms with van der Waals surface area (Å²) in [6.07, 6.45) is 1.34. The molecule has 0 atom stereocenters. The maximum Gasteiger partial charge on any atom is 0.273 e. The minimum absolute atomic E-state index is 0.128. The van der Waals surface area contributed by atoms with Crippen molar-refractivity contribution in [3.63, 3.8) is 0 Å². The first-order valence-electron chi connectivity index (χ1n) is 6.43. The first kappa shape index (κ1) is 14.0. The molecule has 0 saturated heterocycles. The molecule has 0 fully saturated rings. The Morgan fingerprint density at radius 3 is 2.65 bits per heavy atom. The predicted molar refractivity (Wildman–Crippen MR) is 75.4 cm³/mol. The number of benzene rings is 1. The Hall–Kier alpha value is -2.43. The van der Waals surface area contributed by atoms with Gasteiger partial charge < -0.3 is 9.64 Å². The van der Waals surface area contributed by atoms with E-state index in [1.54, 1.807) is 11.0 Å². The van der Waals surface area contributed by atoms with E-state index in [0.29, 0.717) is 24.7 Å². The molecule has 0 aliphatic carbocycles. The van der Waals surface area contributed by atoms with E-state index >= 15 is 0 Å². The zero-order chi connectivity index (χ0) is 14.4. The Bertz CT molecular complexity index is 572. The predicted octanol–water partition coefficient (Wildman–Crippen LogP) is 2.15. The lowest BCUT2D eigenvalue weighted by Crippen LogP contribution is -2.31. The highest BCUT2D eigenvalue weighted by Gasteiger charge is 2.16. The van der Waals surface area contributed by atoms with Crippen molar-refractivity contribution in [2.45, 2.75) is 13.5 Å². The summed E-state index contributed by atoms with van der Waals surface area (Å²) in [7, 11) is 1.51. The smallest absolute Gasteiger partial charge is 0.273 e. The first-order chi connectivity index (χ1) is 9.74. The van der Waals surface area contributed by atoms with E-state index in [2.05, 4.69) is 9.97 Å². The van der Waals surface area contributed by atoms with Gasteiger partial charge in [-0.15, -0.1) is 0 Å². The molecule has 0 aliphatic heterocycles. The summed E-state index contributed by atoms with van der Waals surface area (Å²) in [6.45, 7) is 3.11. The summed E-state index contributed by atoms with van der Waals surface area (Å²) >= 11 is 0. The van der Waals surface area contributed by atoms with Crippen molar-refractivity contribution >= 4 is 5.91 Å². The number of rotatable bonds is 5. The van der Waals surface area contributed by atoms with Gasteiger partial charge in [0.1, 0.15) is 12.0 Å². The fourth-order valence-corrected chi connectivity index (χ4v) is 1.86. The van der Waals surface area contributed by atoms with Gasteiger partial charge in [-0.1, -0.05) is 30.3 Å². The first-order valence-corrected chi connectivity index (χ1v) is 6.43. The van der Waals surface area contributed by atoms with Crippen LogP contribution in [0.1, 0.15) is 23.0 Å². The Labute approximate surface area is 118 Å². The minimum atomic E-state index is -0.128. The Morgan fingerprint density at radius 2 is 2.00 bits per heavy atom. The molecule has 1 aromatic heterocycles. The highest BCUT2D eigenvalue weighted by Crippen LogP contribution is 2.11. The van der Waals surface area contributed by atoms with Gasteiger partial charge in [0.15, 0.2) is 0 Å². The molecule has 0 unspecified atom stereocenters. The van der Waals surface area contributed by atoms with Crippen LogP contribution < -0.4 is 4.74 Å². The van der Waals surface area contributed by atoms with Gasteiger partial charge in [-0.3, -0.25) is 4.79 Å². The van der Waals surface area contributed by atoms with E-state index < -0.39 is 0 Å². The van der Waals surface area contributed by atoms with E-state index in [9.17, 15) is 4.79 Å². The Kier molecular flexibility index (Phi) is 4.65.